The summed E-state index contributed by atoms with van der Waals surface area (Å²) in [6.45, 7) is 0.437. The van der Waals surface area contributed by atoms with Crippen LogP contribution in [0.3, 0.4) is 0 Å². The van der Waals surface area contributed by atoms with Gasteiger partial charge in [0.1, 0.15) is 5.82 Å². The number of benzene rings is 1. The number of pyridine rings is 1. The molecular formula is C17H22N4OS. The quantitative estimate of drug-likeness (QED) is 0.855. The molecule has 1 aromatic carbocycles. The molecule has 1 aromatic heterocycles. The summed E-state index contributed by atoms with van der Waals surface area (Å²) in [5, 5.41) is 2.94. The number of carbonyl (C=O) groups excluding carboxylic acids is 1. The van der Waals surface area contributed by atoms with Crippen LogP contribution in [0.15, 0.2) is 47.5 Å². The van der Waals surface area contributed by atoms with E-state index < -0.39 is 0 Å². The fourth-order valence-electron chi connectivity index (χ4n) is 2.20. The molecule has 0 radical (unpaired) electrons. The van der Waals surface area contributed by atoms with Gasteiger partial charge >= 0.3 is 6.03 Å². The number of amides is 2. The summed E-state index contributed by atoms with van der Waals surface area (Å²) in [6.07, 6.45) is 3.77. The van der Waals surface area contributed by atoms with Crippen molar-refractivity contribution in [3.8, 4) is 0 Å². The van der Waals surface area contributed by atoms with Gasteiger partial charge in [-0.3, -0.25) is 4.90 Å². The molecular weight excluding hydrogens is 308 g/mol. The van der Waals surface area contributed by atoms with Crippen molar-refractivity contribution in [3.05, 3.63) is 48.2 Å². The van der Waals surface area contributed by atoms with Gasteiger partial charge in [0.2, 0.25) is 0 Å². The van der Waals surface area contributed by atoms with Gasteiger partial charge in [-0.2, -0.15) is 0 Å². The third-order valence-corrected chi connectivity index (χ3v) is 4.19. The maximum Gasteiger partial charge on any atom is 0.321 e. The van der Waals surface area contributed by atoms with E-state index in [0.29, 0.717) is 6.54 Å². The Kier molecular flexibility index (Phi) is 5.87. The topological polar surface area (TPSA) is 48.5 Å². The molecule has 5 nitrogen and oxygen atoms in total. The number of aromatic nitrogens is 1. The molecule has 0 unspecified atom stereocenters. The molecule has 2 aromatic rings. The van der Waals surface area contributed by atoms with Gasteiger partial charge in [-0.15, -0.1) is 11.8 Å². The lowest BCUT2D eigenvalue weighted by molar-refractivity contribution is 0.247. The maximum absolute atomic E-state index is 12.4. The summed E-state index contributed by atoms with van der Waals surface area (Å²) in [6, 6.07) is 11.6. The molecule has 6 heteroatoms. The lowest BCUT2D eigenvalue weighted by Crippen LogP contribution is -2.37. The molecule has 0 aliphatic rings. The standard InChI is InChI=1S/C17H22N4OS/c1-20(2)16-13(7-6-10-18-16)12-19-17(22)21(3)14-8-5-9-15(11-14)23-4/h5-11H,12H2,1-4H3,(H,19,22). The van der Waals surface area contributed by atoms with Gasteiger partial charge in [-0.05, 0) is 30.5 Å². The van der Waals surface area contributed by atoms with Crippen molar-refractivity contribution in [3.63, 3.8) is 0 Å². The first kappa shape index (κ1) is 17.1. The van der Waals surface area contributed by atoms with Crippen molar-refractivity contribution >= 4 is 29.3 Å². The van der Waals surface area contributed by atoms with E-state index in [9.17, 15) is 4.79 Å². The first-order chi connectivity index (χ1) is 11.0. The van der Waals surface area contributed by atoms with Crippen LogP contribution >= 0.6 is 11.8 Å². The molecule has 0 aliphatic heterocycles. The van der Waals surface area contributed by atoms with E-state index in [-0.39, 0.29) is 6.03 Å². The number of hydrogen-bond donors (Lipinski definition) is 1. The van der Waals surface area contributed by atoms with Crippen LogP contribution < -0.4 is 15.1 Å². The minimum atomic E-state index is -0.142. The highest BCUT2D eigenvalue weighted by Gasteiger charge is 2.12. The SMILES string of the molecule is CSc1cccc(N(C)C(=O)NCc2cccnc2N(C)C)c1. The minimum absolute atomic E-state index is 0.142. The molecule has 2 rings (SSSR count). The van der Waals surface area contributed by atoms with Crippen molar-refractivity contribution in [2.75, 3.05) is 37.2 Å². The van der Waals surface area contributed by atoms with E-state index in [0.717, 1.165) is 22.0 Å². The lowest BCUT2D eigenvalue weighted by Gasteiger charge is -2.20. The second-order valence-electron chi connectivity index (χ2n) is 5.30. The molecule has 23 heavy (non-hydrogen) atoms. The zero-order valence-corrected chi connectivity index (χ0v) is 14.7. The summed E-state index contributed by atoms with van der Waals surface area (Å²) in [7, 11) is 5.65. The number of nitrogens with zero attached hydrogens (tertiary/aromatic N) is 3. The van der Waals surface area contributed by atoms with Crippen molar-refractivity contribution in [2.45, 2.75) is 11.4 Å². The van der Waals surface area contributed by atoms with E-state index in [1.165, 1.54) is 0 Å². The Hall–Kier alpha value is -2.21. The summed E-state index contributed by atoms with van der Waals surface area (Å²) in [4.78, 5) is 21.4. The number of anilines is 2. The van der Waals surface area contributed by atoms with E-state index in [2.05, 4.69) is 10.3 Å². The highest BCUT2D eigenvalue weighted by Crippen LogP contribution is 2.21. The molecule has 0 spiro atoms. The molecule has 0 saturated carbocycles. The summed E-state index contributed by atoms with van der Waals surface area (Å²) >= 11 is 1.66. The number of nitrogens with one attached hydrogen (secondary N) is 1. The van der Waals surface area contributed by atoms with Crippen LogP contribution in [0.1, 0.15) is 5.56 Å². The van der Waals surface area contributed by atoms with Gasteiger partial charge in [0.15, 0.2) is 0 Å². The van der Waals surface area contributed by atoms with Crippen LogP contribution in [-0.4, -0.2) is 38.4 Å². The van der Waals surface area contributed by atoms with Gasteiger partial charge in [0.05, 0.1) is 0 Å². The summed E-state index contributed by atoms with van der Waals surface area (Å²) in [5.41, 5.74) is 1.85. The monoisotopic (exact) mass is 330 g/mol. The molecule has 0 fully saturated rings. The van der Waals surface area contributed by atoms with Crippen LogP contribution in [0.5, 0.6) is 0 Å². The minimum Gasteiger partial charge on any atom is -0.362 e. The maximum atomic E-state index is 12.4. The largest absolute Gasteiger partial charge is 0.362 e. The Morgan fingerprint density at radius 3 is 2.70 bits per heavy atom. The molecule has 0 saturated heterocycles. The van der Waals surface area contributed by atoms with Crippen LogP contribution in [0.2, 0.25) is 0 Å². The third kappa shape index (κ3) is 4.39. The highest BCUT2D eigenvalue weighted by molar-refractivity contribution is 7.98. The predicted octanol–water partition coefficient (Wildman–Crippen LogP) is 3.22. The lowest BCUT2D eigenvalue weighted by atomic mass is 10.2. The molecule has 2 amide bonds. The van der Waals surface area contributed by atoms with Crippen molar-refractivity contribution in [1.82, 2.24) is 10.3 Å². The molecule has 0 atom stereocenters. The number of hydrogen-bond acceptors (Lipinski definition) is 4. The number of carbonyl (C=O) groups is 1. The predicted molar refractivity (Wildman–Crippen MR) is 97.4 cm³/mol. The average Bonchev–Trinajstić information content (AvgIpc) is 2.59. The van der Waals surface area contributed by atoms with Gasteiger partial charge in [0, 0.05) is 50.0 Å². The zero-order chi connectivity index (χ0) is 16.8. The third-order valence-electron chi connectivity index (χ3n) is 3.47. The first-order valence-electron chi connectivity index (χ1n) is 7.29. The van der Waals surface area contributed by atoms with Crippen molar-refractivity contribution in [1.29, 1.82) is 0 Å². The first-order valence-corrected chi connectivity index (χ1v) is 8.52. The number of urea groups is 1. The smallest absolute Gasteiger partial charge is 0.321 e. The summed E-state index contributed by atoms with van der Waals surface area (Å²) < 4.78 is 0. The Labute approximate surface area is 141 Å². The van der Waals surface area contributed by atoms with Gasteiger partial charge in [0.25, 0.3) is 0 Å². The van der Waals surface area contributed by atoms with Crippen LogP contribution in [0.4, 0.5) is 16.3 Å². The van der Waals surface area contributed by atoms with Gasteiger partial charge in [-0.1, -0.05) is 12.1 Å². The fraction of sp³-hybridized carbons (Fsp3) is 0.294. The fourth-order valence-corrected chi connectivity index (χ4v) is 2.65. The van der Waals surface area contributed by atoms with Crippen molar-refractivity contribution in [2.24, 2.45) is 0 Å². The van der Waals surface area contributed by atoms with E-state index >= 15 is 0 Å². The Balaban J connectivity index is 2.04. The Bertz CT molecular complexity index is 675. The summed E-state index contributed by atoms with van der Waals surface area (Å²) in [5.74, 6) is 0.861. The van der Waals surface area contributed by atoms with Crippen LogP contribution in [0, 0.1) is 0 Å². The van der Waals surface area contributed by atoms with Crippen molar-refractivity contribution < 1.29 is 4.79 Å². The molecule has 0 bridgehead atoms. The van der Waals surface area contributed by atoms with Gasteiger partial charge in [-0.25, -0.2) is 9.78 Å². The Morgan fingerprint density at radius 2 is 2.00 bits per heavy atom. The normalized spacial score (nSPS) is 10.3. The highest BCUT2D eigenvalue weighted by atomic mass is 32.2. The molecule has 0 aliphatic carbocycles. The zero-order valence-electron chi connectivity index (χ0n) is 13.9. The van der Waals surface area contributed by atoms with Gasteiger partial charge < -0.3 is 10.2 Å². The van der Waals surface area contributed by atoms with Crippen LogP contribution in [0.25, 0.3) is 0 Å². The van der Waals surface area contributed by atoms with E-state index in [1.54, 1.807) is 29.9 Å². The molecule has 122 valence electrons. The second-order valence-corrected chi connectivity index (χ2v) is 6.18. The Morgan fingerprint density at radius 1 is 1.22 bits per heavy atom. The van der Waals surface area contributed by atoms with Crippen LogP contribution in [-0.2, 0) is 6.54 Å². The van der Waals surface area contributed by atoms with E-state index in [4.69, 9.17) is 0 Å². The number of rotatable bonds is 5. The molecule has 1 N–H and O–H groups in total. The van der Waals surface area contributed by atoms with E-state index in [1.807, 2.05) is 61.6 Å². The number of thioether (sulfide) groups is 1. The average molecular weight is 330 g/mol. The second kappa shape index (κ2) is 7.87. The molecule has 1 heterocycles.